The summed E-state index contributed by atoms with van der Waals surface area (Å²) in [6.07, 6.45) is -0.463. The van der Waals surface area contributed by atoms with Crippen LogP contribution in [0.5, 0.6) is 0 Å². The molecule has 0 fully saturated rings. The van der Waals surface area contributed by atoms with E-state index >= 15 is 0 Å². The van der Waals surface area contributed by atoms with Crippen molar-refractivity contribution in [1.82, 2.24) is 0 Å². The number of hydrogen-bond acceptors (Lipinski definition) is 3. The second-order valence-corrected chi connectivity index (χ2v) is 2.00. The highest BCUT2D eigenvalue weighted by molar-refractivity contribution is 4.59. The predicted octanol–water partition coefficient (Wildman–Crippen LogP) is 0.422. The summed E-state index contributed by atoms with van der Waals surface area (Å²) in [6.45, 7) is 3.11. The highest BCUT2D eigenvalue weighted by atomic mass is 16.6. The summed E-state index contributed by atoms with van der Waals surface area (Å²) in [5.41, 5.74) is 0. The molecule has 0 aliphatic rings. The first-order valence-corrected chi connectivity index (χ1v) is 2.91. The Balaban J connectivity index is 3.83. The van der Waals surface area contributed by atoms with E-state index in [4.69, 9.17) is 5.11 Å². The molecule has 4 nitrogen and oxygen atoms in total. The van der Waals surface area contributed by atoms with Gasteiger partial charge in [-0.05, 0) is 6.92 Å². The highest BCUT2D eigenvalue weighted by Gasteiger charge is 2.22. The fraction of sp³-hybridized carbons (Fsp3) is 1.00. The third-order valence-corrected chi connectivity index (χ3v) is 1.25. The first-order chi connectivity index (χ1) is 4.09. The Bertz CT molecular complexity index is 102. The third-order valence-electron chi connectivity index (χ3n) is 1.25. The van der Waals surface area contributed by atoms with Crippen molar-refractivity contribution in [2.75, 3.05) is 0 Å². The molecule has 0 aliphatic carbocycles. The van der Waals surface area contributed by atoms with Gasteiger partial charge in [-0.3, -0.25) is 10.1 Å². The van der Waals surface area contributed by atoms with Crippen molar-refractivity contribution in [1.29, 1.82) is 0 Å². The second-order valence-electron chi connectivity index (χ2n) is 2.00. The molecule has 2 atom stereocenters. The van der Waals surface area contributed by atoms with E-state index in [-0.39, 0.29) is 0 Å². The van der Waals surface area contributed by atoms with E-state index in [9.17, 15) is 10.1 Å². The molecule has 0 rings (SSSR count). The maximum Gasteiger partial charge on any atom is 0.238 e. The molecule has 4 heteroatoms. The van der Waals surface area contributed by atoms with Crippen LogP contribution in [0.1, 0.15) is 20.3 Å². The molecule has 0 heterocycles. The molecule has 0 spiro atoms. The van der Waals surface area contributed by atoms with Crippen molar-refractivity contribution in [2.45, 2.75) is 32.4 Å². The van der Waals surface area contributed by atoms with Gasteiger partial charge in [-0.15, -0.1) is 0 Å². The van der Waals surface area contributed by atoms with Crippen molar-refractivity contribution in [3.8, 4) is 0 Å². The summed E-state index contributed by atoms with van der Waals surface area (Å²) in [4.78, 5) is 9.56. The van der Waals surface area contributed by atoms with Crippen molar-refractivity contribution in [3.63, 3.8) is 0 Å². The number of aliphatic hydroxyl groups excluding tert-OH is 1. The van der Waals surface area contributed by atoms with Crippen molar-refractivity contribution < 1.29 is 10.0 Å². The van der Waals surface area contributed by atoms with E-state index in [1.165, 1.54) is 6.92 Å². The van der Waals surface area contributed by atoms with Crippen LogP contribution in [0.25, 0.3) is 0 Å². The maximum atomic E-state index is 10.0. The zero-order valence-corrected chi connectivity index (χ0v) is 5.57. The van der Waals surface area contributed by atoms with Crippen LogP contribution in [0.3, 0.4) is 0 Å². The quantitative estimate of drug-likeness (QED) is 0.448. The number of nitro groups is 1. The fourth-order valence-electron chi connectivity index (χ4n) is 0.666. The van der Waals surface area contributed by atoms with Gasteiger partial charge in [-0.2, -0.15) is 0 Å². The van der Waals surface area contributed by atoms with Crippen molar-refractivity contribution >= 4 is 0 Å². The first kappa shape index (κ1) is 8.36. The lowest BCUT2D eigenvalue weighted by Gasteiger charge is -2.07. The zero-order chi connectivity index (χ0) is 7.44. The number of hydrogen-bond donors (Lipinski definition) is 1. The summed E-state index contributed by atoms with van der Waals surface area (Å²) in [5.74, 6) is 0. The minimum Gasteiger partial charge on any atom is -0.386 e. The molecule has 0 aromatic rings. The Morgan fingerprint density at radius 1 is 1.78 bits per heavy atom. The molecule has 0 aromatic carbocycles. The lowest BCUT2D eigenvalue weighted by molar-refractivity contribution is -0.533. The molecule has 0 amide bonds. The third kappa shape index (κ3) is 2.41. The maximum absolute atomic E-state index is 10.0. The lowest BCUT2D eigenvalue weighted by atomic mass is 10.1. The van der Waals surface area contributed by atoms with Crippen molar-refractivity contribution in [3.05, 3.63) is 10.1 Å². The Hall–Kier alpha value is -0.640. The van der Waals surface area contributed by atoms with E-state index < -0.39 is 17.1 Å². The standard InChI is InChI=1S/C5H11NO3/c1-3-5(4(2)7)6(8)9/h4-5,7H,3H2,1-2H3/t4-,5-/m1/s1. The van der Waals surface area contributed by atoms with Gasteiger partial charge in [0, 0.05) is 11.3 Å². The van der Waals surface area contributed by atoms with Gasteiger partial charge in [0.1, 0.15) is 6.10 Å². The van der Waals surface area contributed by atoms with Crippen LogP contribution < -0.4 is 0 Å². The minimum atomic E-state index is -0.843. The number of rotatable bonds is 3. The fourth-order valence-corrected chi connectivity index (χ4v) is 0.666. The Labute approximate surface area is 53.6 Å². The van der Waals surface area contributed by atoms with E-state index in [1.54, 1.807) is 6.92 Å². The highest BCUT2D eigenvalue weighted by Crippen LogP contribution is 2.00. The average Bonchev–Trinajstić information content (AvgIpc) is 1.64. The van der Waals surface area contributed by atoms with E-state index in [0.717, 1.165) is 0 Å². The normalized spacial score (nSPS) is 16.8. The predicted molar refractivity (Wildman–Crippen MR) is 32.8 cm³/mol. The van der Waals surface area contributed by atoms with Gasteiger partial charge in [0.15, 0.2) is 0 Å². The van der Waals surface area contributed by atoms with Crippen molar-refractivity contribution in [2.24, 2.45) is 0 Å². The summed E-state index contributed by atoms with van der Waals surface area (Å²) < 4.78 is 0. The summed E-state index contributed by atoms with van der Waals surface area (Å²) in [5, 5.41) is 18.8. The minimum absolute atomic E-state index is 0.380. The zero-order valence-electron chi connectivity index (χ0n) is 5.57. The summed E-state index contributed by atoms with van der Waals surface area (Å²) in [6, 6.07) is -0.801. The molecule has 9 heavy (non-hydrogen) atoms. The Morgan fingerprint density at radius 2 is 2.22 bits per heavy atom. The SMILES string of the molecule is CC[C@H]([C@@H](C)O)[N+](=O)[O-]. The Morgan fingerprint density at radius 3 is 2.22 bits per heavy atom. The molecule has 0 saturated carbocycles. The molecule has 1 N–H and O–H groups in total. The second kappa shape index (κ2) is 3.40. The molecular weight excluding hydrogens is 122 g/mol. The van der Waals surface area contributed by atoms with Gasteiger partial charge in [0.25, 0.3) is 0 Å². The largest absolute Gasteiger partial charge is 0.386 e. The van der Waals surface area contributed by atoms with Gasteiger partial charge < -0.3 is 5.11 Å². The smallest absolute Gasteiger partial charge is 0.238 e. The van der Waals surface area contributed by atoms with Gasteiger partial charge in [-0.1, -0.05) is 6.92 Å². The van der Waals surface area contributed by atoms with Gasteiger partial charge in [-0.25, -0.2) is 0 Å². The Kier molecular flexibility index (Phi) is 3.16. The van der Waals surface area contributed by atoms with Gasteiger partial charge in [0.05, 0.1) is 0 Å². The summed E-state index contributed by atoms with van der Waals surface area (Å²) in [7, 11) is 0. The van der Waals surface area contributed by atoms with Crippen LogP contribution in [0.15, 0.2) is 0 Å². The molecule has 54 valence electrons. The molecular formula is C5H11NO3. The lowest BCUT2D eigenvalue weighted by Crippen LogP contribution is -2.30. The van der Waals surface area contributed by atoms with E-state index in [0.29, 0.717) is 6.42 Å². The molecule has 0 bridgehead atoms. The summed E-state index contributed by atoms with van der Waals surface area (Å²) >= 11 is 0. The molecule has 0 aliphatic heterocycles. The topological polar surface area (TPSA) is 63.4 Å². The average molecular weight is 133 g/mol. The molecule has 0 unspecified atom stereocenters. The van der Waals surface area contributed by atoms with Crippen LogP contribution in [-0.4, -0.2) is 22.2 Å². The monoisotopic (exact) mass is 133 g/mol. The van der Waals surface area contributed by atoms with Crippen LogP contribution in [-0.2, 0) is 0 Å². The van der Waals surface area contributed by atoms with Gasteiger partial charge >= 0.3 is 0 Å². The van der Waals surface area contributed by atoms with Crippen LogP contribution in [0.2, 0.25) is 0 Å². The number of aliphatic hydroxyl groups is 1. The first-order valence-electron chi connectivity index (χ1n) is 2.91. The molecule has 0 saturated heterocycles. The molecule has 0 radical (unpaired) electrons. The molecule has 0 aromatic heterocycles. The van der Waals surface area contributed by atoms with Gasteiger partial charge in [0.2, 0.25) is 6.04 Å². The van der Waals surface area contributed by atoms with Crippen LogP contribution in [0.4, 0.5) is 0 Å². The number of nitrogens with zero attached hydrogens (tertiary/aromatic N) is 1. The van der Waals surface area contributed by atoms with E-state index in [2.05, 4.69) is 0 Å². The van der Waals surface area contributed by atoms with Crippen LogP contribution >= 0.6 is 0 Å². The van der Waals surface area contributed by atoms with E-state index in [1.807, 2.05) is 0 Å². The van der Waals surface area contributed by atoms with Crippen LogP contribution in [0, 0.1) is 10.1 Å².